The van der Waals surface area contributed by atoms with Crippen molar-refractivity contribution in [1.29, 1.82) is 0 Å². The van der Waals surface area contributed by atoms with Gasteiger partial charge in [-0.15, -0.1) is 0 Å². The summed E-state index contributed by atoms with van der Waals surface area (Å²) >= 11 is 0. The summed E-state index contributed by atoms with van der Waals surface area (Å²) in [5.41, 5.74) is 7.87. The molecule has 1 saturated heterocycles. The van der Waals surface area contributed by atoms with Gasteiger partial charge in [0.2, 0.25) is 0 Å². The predicted octanol–water partition coefficient (Wildman–Crippen LogP) is 1.46. The fraction of sp³-hybridized carbons (Fsp3) is 0.615. The number of hydrogen-bond acceptors (Lipinski definition) is 4. The molecule has 1 aromatic rings. The lowest BCUT2D eigenvalue weighted by Gasteiger charge is -2.32. The molecule has 17 heavy (non-hydrogen) atoms. The maximum atomic E-state index is 5.70. The van der Waals surface area contributed by atoms with Gasteiger partial charge in [0.25, 0.3) is 0 Å². The molecule has 0 aliphatic carbocycles. The highest BCUT2D eigenvalue weighted by Crippen LogP contribution is 2.20. The van der Waals surface area contributed by atoms with Crippen LogP contribution in [0.3, 0.4) is 0 Å². The number of ether oxygens (including phenoxy) is 1. The molecule has 0 radical (unpaired) electrons. The summed E-state index contributed by atoms with van der Waals surface area (Å²) in [7, 11) is 2.11. The van der Waals surface area contributed by atoms with Crippen molar-refractivity contribution in [3.8, 4) is 0 Å². The van der Waals surface area contributed by atoms with Gasteiger partial charge in [-0.1, -0.05) is 0 Å². The number of aromatic nitrogens is 1. The van der Waals surface area contributed by atoms with Crippen molar-refractivity contribution >= 4 is 5.82 Å². The highest BCUT2D eigenvalue weighted by Gasteiger charge is 2.19. The highest BCUT2D eigenvalue weighted by atomic mass is 16.5. The lowest BCUT2D eigenvalue weighted by molar-refractivity contribution is 0.0853. The summed E-state index contributed by atoms with van der Waals surface area (Å²) in [6.07, 6.45) is 2.15. The largest absolute Gasteiger partial charge is 0.381 e. The van der Waals surface area contributed by atoms with Crippen LogP contribution in [-0.2, 0) is 11.3 Å². The Balaban J connectivity index is 2.17. The average molecular weight is 235 g/mol. The van der Waals surface area contributed by atoms with Gasteiger partial charge in [0.05, 0.1) is 0 Å². The highest BCUT2D eigenvalue weighted by molar-refractivity contribution is 5.43. The first-order chi connectivity index (χ1) is 8.20. The third-order valence-electron chi connectivity index (χ3n) is 3.34. The molecule has 1 fully saturated rings. The average Bonchev–Trinajstić information content (AvgIpc) is 2.38. The molecule has 2 rings (SSSR count). The van der Waals surface area contributed by atoms with E-state index < -0.39 is 0 Å². The lowest BCUT2D eigenvalue weighted by Crippen LogP contribution is -2.37. The van der Waals surface area contributed by atoms with Gasteiger partial charge in [-0.25, -0.2) is 4.98 Å². The standard InChI is InChI=1S/C13H21N3O/c1-10-7-11(9-14)8-13(15-10)16(2)12-3-5-17-6-4-12/h7-8,12H,3-6,9,14H2,1-2H3. The van der Waals surface area contributed by atoms with Crippen LogP contribution >= 0.6 is 0 Å². The molecule has 4 nitrogen and oxygen atoms in total. The summed E-state index contributed by atoms with van der Waals surface area (Å²) in [5, 5.41) is 0. The normalized spacial score (nSPS) is 17.1. The molecule has 0 unspecified atom stereocenters. The minimum absolute atomic E-state index is 0.531. The predicted molar refractivity (Wildman–Crippen MR) is 69.1 cm³/mol. The van der Waals surface area contributed by atoms with E-state index >= 15 is 0 Å². The van der Waals surface area contributed by atoms with Crippen LogP contribution in [0.25, 0.3) is 0 Å². The van der Waals surface area contributed by atoms with Crippen LogP contribution in [-0.4, -0.2) is 31.3 Å². The zero-order chi connectivity index (χ0) is 12.3. The van der Waals surface area contributed by atoms with Gasteiger partial charge in [-0.2, -0.15) is 0 Å². The lowest BCUT2D eigenvalue weighted by atomic mass is 10.1. The van der Waals surface area contributed by atoms with Crippen molar-refractivity contribution < 1.29 is 4.74 Å². The molecule has 1 aromatic heterocycles. The third kappa shape index (κ3) is 2.96. The summed E-state index contributed by atoms with van der Waals surface area (Å²) in [4.78, 5) is 6.85. The molecule has 94 valence electrons. The second-order valence-electron chi connectivity index (χ2n) is 4.63. The summed E-state index contributed by atoms with van der Waals surface area (Å²) < 4.78 is 5.39. The number of pyridine rings is 1. The molecule has 2 N–H and O–H groups in total. The molecule has 4 heteroatoms. The Morgan fingerprint density at radius 2 is 2.12 bits per heavy atom. The van der Waals surface area contributed by atoms with Crippen LogP contribution in [0.2, 0.25) is 0 Å². The van der Waals surface area contributed by atoms with Crippen molar-refractivity contribution in [3.05, 3.63) is 23.4 Å². The molecule has 0 saturated carbocycles. The molecule has 0 spiro atoms. The van der Waals surface area contributed by atoms with Crippen LogP contribution in [0.5, 0.6) is 0 Å². The Bertz CT molecular complexity index is 375. The number of anilines is 1. The Hall–Kier alpha value is -1.13. The Morgan fingerprint density at radius 3 is 2.76 bits per heavy atom. The number of aryl methyl sites for hydroxylation is 1. The molecule has 1 aliphatic rings. The van der Waals surface area contributed by atoms with E-state index in [1.165, 1.54) is 0 Å². The van der Waals surface area contributed by atoms with E-state index in [0.29, 0.717) is 12.6 Å². The first-order valence-electron chi connectivity index (χ1n) is 6.19. The Kier molecular flexibility index (Phi) is 3.97. The van der Waals surface area contributed by atoms with Crippen molar-refractivity contribution in [2.24, 2.45) is 5.73 Å². The maximum Gasteiger partial charge on any atom is 0.129 e. The monoisotopic (exact) mass is 235 g/mol. The number of nitrogens with zero attached hydrogens (tertiary/aromatic N) is 2. The van der Waals surface area contributed by atoms with Gasteiger partial charge >= 0.3 is 0 Å². The summed E-state index contributed by atoms with van der Waals surface area (Å²) in [6, 6.07) is 4.66. The van der Waals surface area contributed by atoms with Gasteiger partial charge in [-0.3, -0.25) is 0 Å². The SMILES string of the molecule is Cc1cc(CN)cc(N(C)C2CCOCC2)n1. The van der Waals surface area contributed by atoms with E-state index in [-0.39, 0.29) is 0 Å². The molecular formula is C13H21N3O. The van der Waals surface area contributed by atoms with Gasteiger partial charge < -0.3 is 15.4 Å². The molecule has 1 aliphatic heterocycles. The topological polar surface area (TPSA) is 51.4 Å². The molecule has 2 heterocycles. The minimum Gasteiger partial charge on any atom is -0.381 e. The fourth-order valence-corrected chi connectivity index (χ4v) is 2.28. The first-order valence-corrected chi connectivity index (χ1v) is 6.19. The molecule has 0 bridgehead atoms. The van der Waals surface area contributed by atoms with Crippen molar-refractivity contribution in [3.63, 3.8) is 0 Å². The van der Waals surface area contributed by atoms with Crippen LogP contribution in [0.1, 0.15) is 24.1 Å². The van der Waals surface area contributed by atoms with Crippen LogP contribution in [0, 0.1) is 6.92 Å². The summed E-state index contributed by atoms with van der Waals surface area (Å²) in [5.74, 6) is 1.03. The second-order valence-corrected chi connectivity index (χ2v) is 4.63. The zero-order valence-electron chi connectivity index (χ0n) is 10.6. The number of hydrogen-bond donors (Lipinski definition) is 1. The quantitative estimate of drug-likeness (QED) is 0.862. The van der Waals surface area contributed by atoms with Gasteiger partial charge in [0.15, 0.2) is 0 Å². The molecule has 0 aromatic carbocycles. The number of rotatable bonds is 3. The van der Waals surface area contributed by atoms with Crippen LogP contribution in [0.15, 0.2) is 12.1 Å². The van der Waals surface area contributed by atoms with Gasteiger partial charge in [0.1, 0.15) is 5.82 Å². The zero-order valence-corrected chi connectivity index (χ0v) is 10.6. The van der Waals surface area contributed by atoms with Crippen LogP contribution in [0.4, 0.5) is 5.82 Å². The van der Waals surface area contributed by atoms with Crippen LogP contribution < -0.4 is 10.6 Å². The van der Waals surface area contributed by atoms with Crippen molar-refractivity contribution in [2.45, 2.75) is 32.4 Å². The Morgan fingerprint density at radius 1 is 1.41 bits per heavy atom. The smallest absolute Gasteiger partial charge is 0.129 e. The Labute approximate surface area is 103 Å². The summed E-state index contributed by atoms with van der Waals surface area (Å²) in [6.45, 7) is 4.29. The van der Waals surface area contributed by atoms with E-state index in [4.69, 9.17) is 10.5 Å². The third-order valence-corrected chi connectivity index (χ3v) is 3.34. The molecular weight excluding hydrogens is 214 g/mol. The maximum absolute atomic E-state index is 5.70. The molecule has 0 atom stereocenters. The van der Waals surface area contributed by atoms with E-state index in [1.807, 2.05) is 13.0 Å². The second kappa shape index (κ2) is 5.47. The molecule has 0 amide bonds. The first kappa shape index (κ1) is 12.3. The van der Waals surface area contributed by atoms with E-state index in [2.05, 4.69) is 23.0 Å². The van der Waals surface area contributed by atoms with E-state index in [0.717, 1.165) is 43.1 Å². The number of nitrogens with two attached hydrogens (primary N) is 1. The van der Waals surface area contributed by atoms with Gasteiger partial charge in [-0.05, 0) is 37.5 Å². The van der Waals surface area contributed by atoms with E-state index in [9.17, 15) is 0 Å². The minimum atomic E-state index is 0.531. The van der Waals surface area contributed by atoms with Crippen molar-refractivity contribution in [2.75, 3.05) is 25.2 Å². The van der Waals surface area contributed by atoms with Crippen molar-refractivity contribution in [1.82, 2.24) is 4.98 Å². The fourth-order valence-electron chi connectivity index (χ4n) is 2.28. The van der Waals surface area contributed by atoms with Gasteiger partial charge in [0, 0.05) is 38.5 Å². The van der Waals surface area contributed by atoms with E-state index in [1.54, 1.807) is 0 Å².